The van der Waals surface area contributed by atoms with E-state index < -0.39 is 12.0 Å². The first kappa shape index (κ1) is 20.4. The summed E-state index contributed by atoms with van der Waals surface area (Å²) < 4.78 is 12.4. The number of rotatable bonds is 8. The number of methoxy groups -OCH3 is 2. The third-order valence-electron chi connectivity index (χ3n) is 4.74. The Morgan fingerprint density at radius 3 is 2.69 bits per heavy atom. The molecule has 1 aromatic heterocycles. The highest BCUT2D eigenvalue weighted by Crippen LogP contribution is 2.31. The smallest absolute Gasteiger partial charge is 0.325 e. The third kappa shape index (κ3) is 4.57. The Hall–Kier alpha value is -3.32. The second-order valence-corrected chi connectivity index (χ2v) is 6.90. The molecule has 0 aliphatic rings. The van der Waals surface area contributed by atoms with Gasteiger partial charge in [0.05, 0.1) is 26.1 Å². The summed E-state index contributed by atoms with van der Waals surface area (Å²) in [6.07, 6.45) is 3.63. The van der Waals surface area contributed by atoms with Gasteiger partial charge in [0, 0.05) is 29.9 Å². The van der Waals surface area contributed by atoms with E-state index in [1.807, 2.05) is 49.5 Å². The Morgan fingerprint density at radius 2 is 2.00 bits per heavy atom. The lowest BCUT2D eigenvalue weighted by atomic mass is 10.0. The Morgan fingerprint density at radius 1 is 1.21 bits per heavy atom. The molecular weight excluding hydrogens is 370 g/mol. The van der Waals surface area contributed by atoms with Crippen molar-refractivity contribution in [2.24, 2.45) is 0 Å². The first-order valence-electron chi connectivity index (χ1n) is 9.18. The minimum atomic E-state index is -0.934. The summed E-state index contributed by atoms with van der Waals surface area (Å²) in [5.74, 6) is 0.368. The number of hydrogen-bond acceptors (Lipinski definition) is 5. The molecule has 0 aliphatic heterocycles. The van der Waals surface area contributed by atoms with Crippen LogP contribution >= 0.6 is 0 Å². The molecule has 1 heterocycles. The highest BCUT2D eigenvalue weighted by atomic mass is 16.5. The number of carboxylic acids is 1. The van der Waals surface area contributed by atoms with Crippen LogP contribution in [0.2, 0.25) is 0 Å². The van der Waals surface area contributed by atoms with Crippen LogP contribution in [0, 0.1) is 6.92 Å². The zero-order chi connectivity index (χ0) is 21.0. The number of aromatic nitrogens is 2. The first-order chi connectivity index (χ1) is 13.9. The Balaban J connectivity index is 1.84. The van der Waals surface area contributed by atoms with Crippen LogP contribution in [0.3, 0.4) is 0 Å². The van der Waals surface area contributed by atoms with Crippen molar-refractivity contribution in [2.45, 2.75) is 19.5 Å². The van der Waals surface area contributed by atoms with Gasteiger partial charge in [-0.25, -0.2) is 4.68 Å². The molecule has 0 bridgehead atoms. The number of likely N-dealkylation sites (N-methyl/N-ethyl adjacent to an activating group) is 1. The highest BCUT2D eigenvalue weighted by molar-refractivity contribution is 5.76. The number of hydrogen-bond donors (Lipinski definition) is 1. The van der Waals surface area contributed by atoms with Crippen LogP contribution in [0.5, 0.6) is 11.5 Å². The maximum Gasteiger partial charge on any atom is 0.325 e. The van der Waals surface area contributed by atoms with Gasteiger partial charge in [-0.1, -0.05) is 23.8 Å². The van der Waals surface area contributed by atoms with Crippen LogP contribution in [-0.2, 0) is 11.3 Å². The summed E-state index contributed by atoms with van der Waals surface area (Å²) >= 11 is 0. The van der Waals surface area contributed by atoms with E-state index in [9.17, 15) is 9.90 Å². The molecule has 0 spiro atoms. The third-order valence-corrected chi connectivity index (χ3v) is 4.74. The van der Waals surface area contributed by atoms with Gasteiger partial charge < -0.3 is 14.6 Å². The van der Waals surface area contributed by atoms with Crippen LogP contribution < -0.4 is 9.47 Å². The molecule has 1 unspecified atom stereocenters. The van der Waals surface area contributed by atoms with E-state index in [0.29, 0.717) is 17.9 Å². The zero-order valence-corrected chi connectivity index (χ0v) is 17.0. The molecule has 0 saturated carbocycles. The van der Waals surface area contributed by atoms with E-state index in [-0.39, 0.29) is 0 Å². The van der Waals surface area contributed by atoms with Gasteiger partial charge in [-0.15, -0.1) is 0 Å². The lowest BCUT2D eigenvalue weighted by molar-refractivity contribution is -0.143. The fourth-order valence-electron chi connectivity index (χ4n) is 3.34. The normalized spacial score (nSPS) is 12.0. The summed E-state index contributed by atoms with van der Waals surface area (Å²) in [5, 5.41) is 14.3. The van der Waals surface area contributed by atoms with Crippen LogP contribution in [0.25, 0.3) is 5.69 Å². The predicted molar refractivity (Wildman–Crippen MR) is 110 cm³/mol. The lowest BCUT2D eigenvalue weighted by Gasteiger charge is -2.26. The molecule has 3 rings (SSSR count). The van der Waals surface area contributed by atoms with E-state index in [1.54, 1.807) is 43.1 Å². The van der Waals surface area contributed by atoms with Gasteiger partial charge in [0.2, 0.25) is 0 Å². The van der Waals surface area contributed by atoms with Crippen molar-refractivity contribution in [3.63, 3.8) is 0 Å². The van der Waals surface area contributed by atoms with Crippen LogP contribution in [0.4, 0.5) is 0 Å². The molecule has 7 nitrogen and oxygen atoms in total. The number of carboxylic acid groups (broad SMARTS) is 1. The van der Waals surface area contributed by atoms with Gasteiger partial charge in [-0.05, 0) is 32.2 Å². The Bertz CT molecular complexity index is 999. The molecule has 1 N–H and O–H groups in total. The molecule has 1 atom stereocenters. The highest BCUT2D eigenvalue weighted by Gasteiger charge is 2.28. The summed E-state index contributed by atoms with van der Waals surface area (Å²) in [4.78, 5) is 13.8. The number of carbonyl (C=O) groups is 1. The fourth-order valence-corrected chi connectivity index (χ4v) is 3.34. The number of aliphatic carboxylic acids is 1. The number of aryl methyl sites for hydroxylation is 1. The minimum absolute atomic E-state index is 0.415. The molecule has 7 heteroatoms. The van der Waals surface area contributed by atoms with E-state index in [4.69, 9.17) is 9.47 Å². The summed E-state index contributed by atoms with van der Waals surface area (Å²) in [6, 6.07) is 12.3. The first-order valence-corrected chi connectivity index (χ1v) is 9.18. The summed E-state index contributed by atoms with van der Waals surface area (Å²) in [5.41, 5.74) is 3.37. The SMILES string of the molecule is COc1cccc(-n2cc(CN(C)C(C(=O)O)c3cc(C)ccc3OC)cn2)c1. The van der Waals surface area contributed by atoms with Crippen molar-refractivity contribution in [3.8, 4) is 17.2 Å². The van der Waals surface area contributed by atoms with Crippen molar-refractivity contribution in [1.82, 2.24) is 14.7 Å². The fraction of sp³-hybridized carbons (Fsp3) is 0.273. The van der Waals surface area contributed by atoms with Gasteiger partial charge in [-0.2, -0.15) is 5.10 Å². The van der Waals surface area contributed by atoms with Gasteiger partial charge >= 0.3 is 5.97 Å². The molecule has 2 aromatic carbocycles. The molecular formula is C22H25N3O4. The van der Waals surface area contributed by atoms with Crippen molar-refractivity contribution in [2.75, 3.05) is 21.3 Å². The van der Waals surface area contributed by atoms with E-state index in [0.717, 1.165) is 22.6 Å². The molecule has 0 aliphatic carbocycles. The van der Waals surface area contributed by atoms with Crippen molar-refractivity contribution in [1.29, 1.82) is 0 Å². The van der Waals surface area contributed by atoms with Crippen LogP contribution in [0.15, 0.2) is 54.9 Å². The average Bonchev–Trinajstić information content (AvgIpc) is 3.16. The Kier molecular flexibility index (Phi) is 6.19. The largest absolute Gasteiger partial charge is 0.497 e. The number of benzene rings is 2. The number of nitrogens with zero attached hydrogens (tertiary/aromatic N) is 3. The molecule has 0 amide bonds. The maximum absolute atomic E-state index is 12.1. The zero-order valence-electron chi connectivity index (χ0n) is 17.0. The second-order valence-electron chi connectivity index (χ2n) is 6.90. The standard InChI is InChI=1S/C22H25N3O4/c1-15-8-9-20(29-4)19(10-15)21(22(26)27)24(2)13-16-12-23-25(14-16)17-6-5-7-18(11-17)28-3/h5-12,14,21H,13H2,1-4H3,(H,26,27). The van der Waals surface area contributed by atoms with Crippen LogP contribution in [0.1, 0.15) is 22.7 Å². The molecule has 3 aromatic rings. The van der Waals surface area contributed by atoms with Crippen molar-refractivity contribution in [3.05, 3.63) is 71.5 Å². The number of ether oxygens (including phenoxy) is 2. The Labute approximate surface area is 170 Å². The van der Waals surface area contributed by atoms with Crippen molar-refractivity contribution >= 4 is 5.97 Å². The van der Waals surface area contributed by atoms with Crippen LogP contribution in [-0.4, -0.2) is 47.0 Å². The monoisotopic (exact) mass is 395 g/mol. The van der Waals surface area contributed by atoms with E-state index >= 15 is 0 Å². The van der Waals surface area contributed by atoms with Crippen molar-refractivity contribution < 1.29 is 19.4 Å². The quantitative estimate of drug-likeness (QED) is 0.630. The molecule has 29 heavy (non-hydrogen) atoms. The second kappa shape index (κ2) is 8.79. The summed E-state index contributed by atoms with van der Waals surface area (Å²) in [6.45, 7) is 2.35. The average molecular weight is 395 g/mol. The van der Waals surface area contributed by atoms with Gasteiger partial charge in [0.15, 0.2) is 0 Å². The molecule has 0 saturated heterocycles. The predicted octanol–water partition coefficient (Wildman–Crippen LogP) is 3.46. The van der Waals surface area contributed by atoms with E-state index in [2.05, 4.69) is 5.10 Å². The molecule has 0 radical (unpaired) electrons. The maximum atomic E-state index is 12.1. The molecule has 0 fully saturated rings. The molecule has 152 valence electrons. The van der Waals surface area contributed by atoms with Gasteiger partial charge in [-0.3, -0.25) is 9.69 Å². The van der Waals surface area contributed by atoms with Gasteiger partial charge in [0.25, 0.3) is 0 Å². The topological polar surface area (TPSA) is 76.8 Å². The van der Waals surface area contributed by atoms with Gasteiger partial charge in [0.1, 0.15) is 17.5 Å². The van der Waals surface area contributed by atoms with E-state index in [1.165, 1.54) is 0 Å². The minimum Gasteiger partial charge on any atom is -0.497 e. The summed E-state index contributed by atoms with van der Waals surface area (Å²) in [7, 11) is 4.95. The lowest BCUT2D eigenvalue weighted by Crippen LogP contribution is -2.30.